The molecule has 1 aromatic heterocycles. The molecule has 1 aliphatic heterocycles. The monoisotopic (exact) mass is 322 g/mol. The van der Waals surface area contributed by atoms with Crippen LogP contribution in [0.3, 0.4) is 0 Å². The molecule has 0 spiro atoms. The van der Waals surface area contributed by atoms with E-state index in [1.807, 2.05) is 12.4 Å². The van der Waals surface area contributed by atoms with Gasteiger partial charge < -0.3 is 0 Å². The van der Waals surface area contributed by atoms with Gasteiger partial charge in [-0.15, -0.1) is 22.9 Å². The van der Waals surface area contributed by atoms with E-state index in [2.05, 4.69) is 16.8 Å². The Bertz CT molecular complexity index is 530. The Balaban J connectivity index is 2.13. The second-order valence-corrected chi connectivity index (χ2v) is 8.34. The molecule has 1 aliphatic rings. The number of aromatic nitrogens is 1. The normalized spacial score (nSPS) is 23.9. The van der Waals surface area contributed by atoms with Gasteiger partial charge in [-0.25, -0.2) is 13.4 Å². The molecule has 4 nitrogen and oxygen atoms in total. The maximum Gasteiger partial charge on any atom is 0.151 e. The van der Waals surface area contributed by atoms with Gasteiger partial charge in [0.1, 0.15) is 5.01 Å². The lowest BCUT2D eigenvalue weighted by Gasteiger charge is -2.30. The van der Waals surface area contributed by atoms with E-state index < -0.39 is 9.84 Å². The first kappa shape index (κ1) is 15.2. The minimum atomic E-state index is -2.84. The molecule has 0 bridgehead atoms. The Kier molecular flexibility index (Phi) is 4.87. The Morgan fingerprint density at radius 3 is 2.84 bits per heavy atom. The van der Waals surface area contributed by atoms with Crippen molar-refractivity contribution < 1.29 is 8.42 Å². The van der Waals surface area contributed by atoms with Gasteiger partial charge in [0, 0.05) is 11.4 Å². The summed E-state index contributed by atoms with van der Waals surface area (Å²) in [5.41, 5.74) is 0.896. The van der Waals surface area contributed by atoms with Crippen molar-refractivity contribution in [2.24, 2.45) is 0 Å². The van der Waals surface area contributed by atoms with Crippen molar-refractivity contribution in [2.45, 2.75) is 37.7 Å². The van der Waals surface area contributed by atoms with Gasteiger partial charge in [0.2, 0.25) is 0 Å². The van der Waals surface area contributed by atoms with Crippen molar-refractivity contribution in [3.63, 3.8) is 0 Å². The predicted octanol–water partition coefficient (Wildman–Crippen LogP) is 2.45. The average molecular weight is 323 g/mol. The van der Waals surface area contributed by atoms with Crippen LogP contribution in [0.2, 0.25) is 0 Å². The first-order valence-electron chi connectivity index (χ1n) is 6.39. The second kappa shape index (κ2) is 6.08. The van der Waals surface area contributed by atoms with E-state index in [4.69, 9.17) is 11.6 Å². The molecule has 0 aromatic carbocycles. The summed E-state index contributed by atoms with van der Waals surface area (Å²) in [6.07, 6.45) is 1.64. The van der Waals surface area contributed by atoms with Crippen LogP contribution in [0.1, 0.15) is 36.5 Å². The number of halogens is 1. The van der Waals surface area contributed by atoms with Crippen molar-refractivity contribution in [1.82, 2.24) is 9.88 Å². The highest BCUT2D eigenvalue weighted by atomic mass is 35.5. The molecular weight excluding hydrogens is 304 g/mol. The summed E-state index contributed by atoms with van der Waals surface area (Å²) in [7, 11) is -0.842. The summed E-state index contributed by atoms with van der Waals surface area (Å²) in [5.74, 6) is 1.01. The van der Waals surface area contributed by atoms with E-state index in [0.29, 0.717) is 11.6 Å². The molecule has 0 aliphatic carbocycles. The van der Waals surface area contributed by atoms with Crippen molar-refractivity contribution in [3.8, 4) is 0 Å². The zero-order valence-electron chi connectivity index (χ0n) is 11.2. The van der Waals surface area contributed by atoms with Crippen LogP contribution in [0.5, 0.6) is 0 Å². The van der Waals surface area contributed by atoms with E-state index in [1.54, 1.807) is 11.3 Å². The summed E-state index contributed by atoms with van der Waals surface area (Å²) < 4.78 is 23.2. The van der Waals surface area contributed by atoms with Crippen molar-refractivity contribution >= 4 is 32.8 Å². The topological polar surface area (TPSA) is 50.3 Å². The quantitative estimate of drug-likeness (QED) is 0.781. The molecule has 2 atom stereocenters. The van der Waals surface area contributed by atoms with Gasteiger partial charge in [-0.05, 0) is 19.9 Å². The third-order valence-corrected chi connectivity index (χ3v) is 6.67. The fraction of sp³-hybridized carbons (Fsp3) is 0.750. The molecule has 7 heteroatoms. The summed E-state index contributed by atoms with van der Waals surface area (Å²) in [5, 5.41) is 3.01. The second-order valence-electron chi connectivity index (χ2n) is 4.96. The van der Waals surface area contributed by atoms with E-state index in [9.17, 15) is 8.42 Å². The SMILES string of the molecule is CCC(c1nc(CCl)cs1)N(C)C1CCS(=O)(=O)C1. The Morgan fingerprint density at radius 1 is 1.63 bits per heavy atom. The average Bonchev–Trinajstić information content (AvgIpc) is 2.96. The molecule has 0 saturated carbocycles. The lowest BCUT2D eigenvalue weighted by molar-refractivity contribution is 0.183. The van der Waals surface area contributed by atoms with Crippen molar-refractivity contribution in [2.75, 3.05) is 18.6 Å². The number of rotatable bonds is 5. The van der Waals surface area contributed by atoms with E-state index in [0.717, 1.165) is 23.5 Å². The van der Waals surface area contributed by atoms with E-state index >= 15 is 0 Å². The largest absolute Gasteiger partial charge is 0.293 e. The first-order valence-corrected chi connectivity index (χ1v) is 9.63. The van der Waals surface area contributed by atoms with Crippen LogP contribution in [0.4, 0.5) is 0 Å². The van der Waals surface area contributed by atoms with Crippen LogP contribution in [-0.2, 0) is 15.7 Å². The summed E-state index contributed by atoms with van der Waals surface area (Å²) >= 11 is 7.39. The lowest BCUT2D eigenvalue weighted by Crippen LogP contribution is -2.35. The van der Waals surface area contributed by atoms with Gasteiger partial charge in [-0.2, -0.15) is 0 Å². The lowest BCUT2D eigenvalue weighted by atomic mass is 10.1. The van der Waals surface area contributed by atoms with Crippen molar-refractivity contribution in [1.29, 1.82) is 0 Å². The van der Waals surface area contributed by atoms with Gasteiger partial charge >= 0.3 is 0 Å². The minimum absolute atomic E-state index is 0.110. The molecule has 2 heterocycles. The third-order valence-electron chi connectivity index (χ3n) is 3.65. The molecule has 0 N–H and O–H groups in total. The van der Waals surface area contributed by atoms with Crippen molar-refractivity contribution in [3.05, 3.63) is 16.1 Å². The van der Waals surface area contributed by atoms with Crippen LogP contribution in [0.15, 0.2) is 5.38 Å². The molecule has 19 heavy (non-hydrogen) atoms. The fourth-order valence-electron chi connectivity index (χ4n) is 2.52. The molecule has 2 rings (SSSR count). The van der Waals surface area contributed by atoms with Crippen LogP contribution < -0.4 is 0 Å². The van der Waals surface area contributed by atoms with Gasteiger partial charge in [-0.1, -0.05) is 6.92 Å². The highest BCUT2D eigenvalue weighted by Gasteiger charge is 2.34. The maximum absolute atomic E-state index is 11.6. The molecule has 1 fully saturated rings. The summed E-state index contributed by atoms with van der Waals surface area (Å²) in [4.78, 5) is 6.69. The molecule has 0 amide bonds. The van der Waals surface area contributed by atoms with Gasteiger partial charge in [0.25, 0.3) is 0 Å². The van der Waals surface area contributed by atoms with Gasteiger partial charge in [0.15, 0.2) is 9.84 Å². The van der Waals surface area contributed by atoms with E-state index in [-0.39, 0.29) is 17.8 Å². The number of hydrogen-bond donors (Lipinski definition) is 0. The third kappa shape index (κ3) is 3.48. The maximum atomic E-state index is 11.6. The van der Waals surface area contributed by atoms with Crippen LogP contribution in [0, 0.1) is 0 Å². The minimum Gasteiger partial charge on any atom is -0.293 e. The van der Waals surface area contributed by atoms with Crippen LogP contribution in [-0.4, -0.2) is 42.9 Å². The number of nitrogens with zero attached hydrogens (tertiary/aromatic N) is 2. The molecular formula is C12H19ClN2O2S2. The standard InChI is InChI=1S/C12H19ClN2O2S2/c1-3-11(12-14-9(6-13)7-18-12)15(2)10-4-5-19(16,17)8-10/h7,10-11H,3-6,8H2,1-2H3. The zero-order chi connectivity index (χ0) is 14.0. The van der Waals surface area contributed by atoms with Crippen LogP contribution in [0.25, 0.3) is 0 Å². The summed E-state index contributed by atoms with van der Waals surface area (Å²) in [6, 6.07) is 0.290. The first-order chi connectivity index (χ1) is 8.96. The van der Waals surface area contributed by atoms with Gasteiger partial charge in [0.05, 0.1) is 29.1 Å². The highest BCUT2D eigenvalue weighted by Crippen LogP contribution is 2.31. The summed E-state index contributed by atoms with van der Waals surface area (Å²) in [6.45, 7) is 2.10. The molecule has 108 valence electrons. The zero-order valence-corrected chi connectivity index (χ0v) is 13.6. The smallest absolute Gasteiger partial charge is 0.151 e. The van der Waals surface area contributed by atoms with Crippen LogP contribution >= 0.6 is 22.9 Å². The number of alkyl halides is 1. The van der Waals surface area contributed by atoms with E-state index in [1.165, 1.54) is 0 Å². The fourth-order valence-corrected chi connectivity index (χ4v) is 5.59. The predicted molar refractivity (Wildman–Crippen MR) is 79.5 cm³/mol. The Hall–Kier alpha value is -0.170. The molecule has 1 saturated heterocycles. The Labute approximate surface area is 123 Å². The Morgan fingerprint density at radius 2 is 2.37 bits per heavy atom. The number of sulfone groups is 1. The molecule has 0 radical (unpaired) electrons. The molecule has 1 aromatic rings. The highest BCUT2D eigenvalue weighted by molar-refractivity contribution is 7.91. The molecule has 2 unspecified atom stereocenters. The number of thiazole rings is 1. The van der Waals surface area contributed by atoms with Gasteiger partial charge in [-0.3, -0.25) is 4.90 Å². The number of hydrogen-bond acceptors (Lipinski definition) is 5.